The summed E-state index contributed by atoms with van der Waals surface area (Å²) >= 11 is 0. The van der Waals surface area contributed by atoms with Crippen LogP contribution in [0.25, 0.3) is 6.08 Å². The molecule has 55 valence electrons. The highest BCUT2D eigenvalue weighted by molar-refractivity contribution is 6.17. The molecule has 1 aromatic rings. The van der Waals surface area contributed by atoms with E-state index in [2.05, 4.69) is 6.58 Å². The topological polar surface area (TPSA) is 29.5 Å². The lowest BCUT2D eigenvalue weighted by Gasteiger charge is -2.00. The zero-order valence-corrected chi connectivity index (χ0v) is 6.03. The van der Waals surface area contributed by atoms with Gasteiger partial charge in [0.15, 0.2) is 0 Å². The van der Waals surface area contributed by atoms with Gasteiger partial charge in [0.05, 0.1) is 0 Å². The molecule has 0 aliphatic rings. The first-order valence-corrected chi connectivity index (χ1v) is 3.22. The highest BCUT2D eigenvalue weighted by Gasteiger charge is 1.93. The van der Waals surface area contributed by atoms with Crippen molar-refractivity contribution >= 4 is 13.8 Å². The highest BCUT2D eigenvalue weighted by Crippen LogP contribution is 2.12. The highest BCUT2D eigenvalue weighted by atomic mass is 16.5. The summed E-state index contributed by atoms with van der Waals surface area (Å²) in [6, 6.07) is 7.26. The second kappa shape index (κ2) is 3.83. The largest absolute Gasteiger partial charge is 0.569 e. The van der Waals surface area contributed by atoms with Crippen LogP contribution >= 0.6 is 0 Å². The number of rotatable bonds is 3. The molecule has 0 heterocycles. The molecule has 0 saturated heterocycles. The summed E-state index contributed by atoms with van der Waals surface area (Å²) in [6.07, 6.45) is 1.71. The van der Waals surface area contributed by atoms with Gasteiger partial charge in [-0.1, -0.05) is 24.8 Å². The molecule has 0 bridgehead atoms. The third kappa shape index (κ3) is 2.13. The summed E-state index contributed by atoms with van der Waals surface area (Å²) in [4.78, 5) is 0. The summed E-state index contributed by atoms with van der Waals surface area (Å²) in [7, 11) is 0.655. The van der Waals surface area contributed by atoms with Gasteiger partial charge in [0.1, 0.15) is 5.75 Å². The van der Waals surface area contributed by atoms with Gasteiger partial charge >= 0.3 is 7.69 Å². The Kier molecular flexibility index (Phi) is 2.75. The Morgan fingerprint density at radius 3 is 3.00 bits per heavy atom. The minimum atomic E-state index is 0.602. The van der Waals surface area contributed by atoms with E-state index in [0.29, 0.717) is 13.4 Å². The minimum absolute atomic E-state index is 0.602. The van der Waals surface area contributed by atoms with Crippen molar-refractivity contribution in [3.63, 3.8) is 0 Å². The molecule has 1 radical (unpaired) electrons. The fourth-order valence-corrected chi connectivity index (χ4v) is 0.776. The van der Waals surface area contributed by atoms with Crippen LogP contribution < -0.4 is 4.65 Å². The van der Waals surface area contributed by atoms with Gasteiger partial charge in [-0.05, 0) is 17.7 Å². The smallest absolute Gasteiger partial charge is 0.537 e. The van der Waals surface area contributed by atoms with Gasteiger partial charge in [-0.3, -0.25) is 0 Å². The van der Waals surface area contributed by atoms with E-state index in [1.165, 1.54) is 0 Å². The van der Waals surface area contributed by atoms with Crippen molar-refractivity contribution in [1.29, 1.82) is 0 Å². The van der Waals surface area contributed by atoms with E-state index in [0.717, 1.165) is 5.56 Å². The third-order valence-corrected chi connectivity index (χ3v) is 1.28. The zero-order chi connectivity index (χ0) is 8.10. The van der Waals surface area contributed by atoms with E-state index in [9.17, 15) is 0 Å². The molecule has 0 spiro atoms. The standard InChI is InChI=1S/C8H8BO2/c1-2-7-4-3-5-8(6-7)11-9-10/h2-6,10H,1H2. The van der Waals surface area contributed by atoms with Crippen molar-refractivity contribution in [2.45, 2.75) is 0 Å². The molecule has 0 amide bonds. The molecule has 0 atom stereocenters. The van der Waals surface area contributed by atoms with Crippen molar-refractivity contribution in [3.8, 4) is 5.75 Å². The normalized spacial score (nSPS) is 8.82. The van der Waals surface area contributed by atoms with E-state index >= 15 is 0 Å². The first-order valence-electron chi connectivity index (χ1n) is 3.22. The van der Waals surface area contributed by atoms with Gasteiger partial charge in [-0.2, -0.15) is 0 Å². The van der Waals surface area contributed by atoms with Gasteiger partial charge < -0.3 is 9.68 Å². The van der Waals surface area contributed by atoms with Gasteiger partial charge in [0.2, 0.25) is 0 Å². The molecule has 0 saturated carbocycles. The maximum Gasteiger partial charge on any atom is 0.569 e. The molecular formula is C8H8BO2. The van der Waals surface area contributed by atoms with E-state index in [1.807, 2.05) is 12.1 Å². The van der Waals surface area contributed by atoms with Crippen LogP contribution in [0.15, 0.2) is 30.8 Å². The van der Waals surface area contributed by atoms with Crippen LogP contribution in [0.5, 0.6) is 5.75 Å². The molecule has 0 fully saturated rings. The molecule has 2 nitrogen and oxygen atoms in total. The predicted octanol–water partition coefficient (Wildman–Crippen LogP) is 1.23. The molecular weight excluding hydrogens is 139 g/mol. The Morgan fingerprint density at radius 2 is 2.36 bits per heavy atom. The fraction of sp³-hybridized carbons (Fsp3) is 0. The minimum Gasteiger partial charge on any atom is -0.537 e. The molecule has 1 rings (SSSR count). The third-order valence-electron chi connectivity index (χ3n) is 1.28. The van der Waals surface area contributed by atoms with Crippen LogP contribution in [0.4, 0.5) is 0 Å². The van der Waals surface area contributed by atoms with Crippen LogP contribution in [0.1, 0.15) is 5.56 Å². The summed E-state index contributed by atoms with van der Waals surface area (Å²) in [5, 5.41) is 8.31. The molecule has 3 heteroatoms. The maximum atomic E-state index is 8.31. The second-order valence-electron chi connectivity index (χ2n) is 2.00. The summed E-state index contributed by atoms with van der Waals surface area (Å²) in [5.74, 6) is 0.602. The lowest BCUT2D eigenvalue weighted by molar-refractivity contribution is 0.454. The Labute approximate surface area is 66.4 Å². The van der Waals surface area contributed by atoms with Crippen molar-refractivity contribution in [2.24, 2.45) is 0 Å². The van der Waals surface area contributed by atoms with Crippen LogP contribution in [-0.2, 0) is 0 Å². The van der Waals surface area contributed by atoms with Crippen LogP contribution in [-0.4, -0.2) is 12.7 Å². The maximum absolute atomic E-state index is 8.31. The molecule has 1 N–H and O–H groups in total. The summed E-state index contributed by atoms with van der Waals surface area (Å²) in [5.41, 5.74) is 0.962. The second-order valence-corrected chi connectivity index (χ2v) is 2.00. The Morgan fingerprint density at radius 1 is 1.55 bits per heavy atom. The first-order chi connectivity index (χ1) is 5.36. The van der Waals surface area contributed by atoms with Gasteiger partial charge in [0.25, 0.3) is 0 Å². The molecule has 0 aliphatic carbocycles. The fourth-order valence-electron chi connectivity index (χ4n) is 0.776. The number of hydrogen-bond donors (Lipinski definition) is 1. The SMILES string of the molecule is C=Cc1cccc(O[B]O)c1. The van der Waals surface area contributed by atoms with E-state index in [4.69, 9.17) is 9.68 Å². The van der Waals surface area contributed by atoms with Crippen molar-refractivity contribution in [3.05, 3.63) is 36.4 Å². The lowest BCUT2D eigenvalue weighted by Crippen LogP contribution is -1.99. The molecule has 0 aromatic heterocycles. The monoisotopic (exact) mass is 147 g/mol. The number of hydrogen-bond acceptors (Lipinski definition) is 2. The van der Waals surface area contributed by atoms with E-state index in [-0.39, 0.29) is 0 Å². The zero-order valence-electron chi connectivity index (χ0n) is 6.03. The van der Waals surface area contributed by atoms with Crippen LogP contribution in [0.2, 0.25) is 0 Å². The summed E-state index contributed by atoms with van der Waals surface area (Å²) in [6.45, 7) is 3.60. The van der Waals surface area contributed by atoms with Crippen molar-refractivity contribution in [1.82, 2.24) is 0 Å². The quantitative estimate of drug-likeness (QED) is 0.651. The van der Waals surface area contributed by atoms with Crippen molar-refractivity contribution < 1.29 is 9.68 Å². The van der Waals surface area contributed by atoms with Crippen LogP contribution in [0.3, 0.4) is 0 Å². The Balaban J connectivity index is 2.82. The first kappa shape index (κ1) is 7.89. The molecule has 1 aromatic carbocycles. The Hall–Kier alpha value is -1.22. The average Bonchev–Trinajstić information content (AvgIpc) is 2.06. The lowest BCUT2D eigenvalue weighted by atomic mass is 10.2. The molecule has 11 heavy (non-hydrogen) atoms. The Bertz CT molecular complexity index is 248. The van der Waals surface area contributed by atoms with Gasteiger partial charge in [-0.25, -0.2) is 0 Å². The van der Waals surface area contributed by atoms with Gasteiger partial charge in [0, 0.05) is 0 Å². The van der Waals surface area contributed by atoms with Crippen molar-refractivity contribution in [2.75, 3.05) is 0 Å². The van der Waals surface area contributed by atoms with Crippen LogP contribution in [0, 0.1) is 0 Å². The summed E-state index contributed by atoms with van der Waals surface area (Å²) < 4.78 is 4.73. The van der Waals surface area contributed by atoms with Gasteiger partial charge in [-0.15, -0.1) is 0 Å². The average molecular weight is 147 g/mol. The van der Waals surface area contributed by atoms with E-state index < -0.39 is 0 Å². The molecule has 0 unspecified atom stereocenters. The predicted molar refractivity (Wildman–Crippen MR) is 45.1 cm³/mol. The number of benzene rings is 1. The molecule has 0 aliphatic heterocycles. The van der Waals surface area contributed by atoms with E-state index in [1.54, 1.807) is 18.2 Å².